The number of hydrogen-bond acceptors (Lipinski definition) is 8. The van der Waals surface area contributed by atoms with E-state index >= 15 is 0 Å². The van der Waals surface area contributed by atoms with E-state index in [-0.39, 0.29) is 40.3 Å². The van der Waals surface area contributed by atoms with Gasteiger partial charge in [-0.3, -0.25) is 9.89 Å². The Bertz CT molecular complexity index is 1700. The number of aromatic amines is 1. The van der Waals surface area contributed by atoms with Crippen LogP contribution in [0.5, 0.6) is 23.0 Å². The van der Waals surface area contributed by atoms with Gasteiger partial charge in [0.2, 0.25) is 5.75 Å². The summed E-state index contributed by atoms with van der Waals surface area (Å²) >= 11 is 0. The predicted octanol–water partition coefficient (Wildman–Crippen LogP) is 5.68. The fraction of sp³-hybridized carbons (Fsp3) is 0.250. The molecule has 41 heavy (non-hydrogen) atoms. The number of aromatic nitrogens is 2. The van der Waals surface area contributed by atoms with Crippen molar-refractivity contribution in [3.05, 3.63) is 93.9 Å². The van der Waals surface area contributed by atoms with E-state index in [1.807, 2.05) is 68.4 Å². The van der Waals surface area contributed by atoms with Gasteiger partial charge in [0.1, 0.15) is 29.2 Å². The van der Waals surface area contributed by atoms with Crippen LogP contribution in [0.15, 0.2) is 75.9 Å². The molecular weight excluding hydrogens is 520 g/mol. The summed E-state index contributed by atoms with van der Waals surface area (Å²) in [6, 6.07) is 20.4. The molecule has 210 valence electrons. The summed E-state index contributed by atoms with van der Waals surface area (Å²) in [6.07, 6.45) is 1.08. The maximum absolute atomic E-state index is 13.4. The largest absolute Gasteiger partial charge is 0.507 e. The van der Waals surface area contributed by atoms with Crippen LogP contribution in [0.1, 0.15) is 23.4 Å². The molecule has 0 aliphatic carbocycles. The molecule has 5 aromatic rings. The molecule has 1 aliphatic heterocycles. The van der Waals surface area contributed by atoms with Crippen LogP contribution in [-0.4, -0.2) is 41.5 Å². The average Bonchev–Trinajstić information content (AvgIpc) is 3.16. The zero-order valence-electron chi connectivity index (χ0n) is 23.1. The lowest BCUT2D eigenvalue weighted by Crippen LogP contribution is -2.27. The highest BCUT2D eigenvalue weighted by Gasteiger charge is 2.23. The van der Waals surface area contributed by atoms with Crippen LogP contribution in [-0.2, 0) is 6.61 Å². The molecule has 3 N–H and O–H groups in total. The van der Waals surface area contributed by atoms with Crippen molar-refractivity contribution in [3.8, 4) is 34.3 Å². The van der Waals surface area contributed by atoms with E-state index in [9.17, 15) is 9.90 Å². The third-order valence-electron chi connectivity index (χ3n) is 7.26. The standard InChI is InChI=1S/C32H32N4O5/c1-20-30(21(2)35-34-20)41-31-28(39-19-22-7-4-3-5-8-22)18-26(38)29-25(37)17-27(40-32(29)31)23-9-11-24(12-10-23)36-15-6-13-33-14-16-36/h3-5,7-12,17-18,33,38H,6,13-16,19H2,1-2H3,(H,34,35). The average molecular weight is 553 g/mol. The van der Waals surface area contributed by atoms with Gasteiger partial charge >= 0.3 is 0 Å². The Morgan fingerprint density at radius 1 is 1.00 bits per heavy atom. The Balaban J connectivity index is 1.44. The van der Waals surface area contributed by atoms with Crippen molar-refractivity contribution in [3.63, 3.8) is 0 Å². The second-order valence-electron chi connectivity index (χ2n) is 10.2. The van der Waals surface area contributed by atoms with Crippen molar-refractivity contribution < 1.29 is 19.0 Å². The molecule has 0 radical (unpaired) electrons. The van der Waals surface area contributed by atoms with Gasteiger partial charge in [-0.2, -0.15) is 5.10 Å². The van der Waals surface area contributed by atoms with Gasteiger partial charge in [0.05, 0.1) is 5.69 Å². The molecule has 0 atom stereocenters. The Morgan fingerprint density at radius 2 is 1.80 bits per heavy atom. The minimum atomic E-state index is -0.387. The molecule has 2 aromatic heterocycles. The molecule has 0 bridgehead atoms. The Labute approximate surface area is 237 Å². The van der Waals surface area contributed by atoms with Gasteiger partial charge in [-0.25, -0.2) is 0 Å². The number of aryl methyl sites for hydroxylation is 2. The van der Waals surface area contributed by atoms with Crippen LogP contribution in [0.25, 0.3) is 22.3 Å². The molecule has 9 heteroatoms. The number of aromatic hydroxyl groups is 1. The Kier molecular flexibility index (Phi) is 7.35. The molecular formula is C32H32N4O5. The summed E-state index contributed by atoms with van der Waals surface area (Å²) in [5.41, 5.74) is 3.83. The maximum atomic E-state index is 13.4. The number of rotatable bonds is 7. The summed E-state index contributed by atoms with van der Waals surface area (Å²) in [5.74, 6) is 1.03. The molecule has 1 saturated heterocycles. The number of fused-ring (bicyclic) bond motifs is 1. The summed E-state index contributed by atoms with van der Waals surface area (Å²) in [5, 5.41) is 21.5. The number of phenols is 1. The van der Waals surface area contributed by atoms with E-state index < -0.39 is 0 Å². The molecule has 0 saturated carbocycles. The van der Waals surface area contributed by atoms with Crippen LogP contribution in [0, 0.1) is 13.8 Å². The molecule has 6 rings (SSSR count). The first-order valence-electron chi connectivity index (χ1n) is 13.7. The topological polar surface area (TPSA) is 113 Å². The lowest BCUT2D eigenvalue weighted by Gasteiger charge is -2.22. The third-order valence-corrected chi connectivity index (χ3v) is 7.26. The summed E-state index contributed by atoms with van der Waals surface area (Å²) in [6.45, 7) is 7.75. The molecule has 0 spiro atoms. The van der Waals surface area contributed by atoms with E-state index in [1.54, 1.807) is 0 Å². The number of phenolic OH excluding ortho intramolecular Hbond substituents is 1. The van der Waals surface area contributed by atoms with Crippen LogP contribution < -0.4 is 25.1 Å². The van der Waals surface area contributed by atoms with Crippen molar-refractivity contribution in [1.29, 1.82) is 0 Å². The van der Waals surface area contributed by atoms with Gasteiger partial charge in [-0.15, -0.1) is 0 Å². The summed E-state index contributed by atoms with van der Waals surface area (Å²) < 4.78 is 18.8. The Morgan fingerprint density at radius 3 is 2.56 bits per heavy atom. The predicted molar refractivity (Wildman–Crippen MR) is 158 cm³/mol. The zero-order chi connectivity index (χ0) is 28.3. The SMILES string of the molecule is Cc1n[nH]c(C)c1Oc1c(OCc2ccccc2)cc(O)c2c(=O)cc(-c3ccc(N4CCCNCC4)cc3)oc12. The van der Waals surface area contributed by atoms with E-state index in [4.69, 9.17) is 13.9 Å². The molecule has 9 nitrogen and oxygen atoms in total. The molecule has 1 fully saturated rings. The van der Waals surface area contributed by atoms with Crippen molar-refractivity contribution in [2.45, 2.75) is 26.9 Å². The highest BCUT2D eigenvalue weighted by molar-refractivity contribution is 5.92. The highest BCUT2D eigenvalue weighted by Crippen LogP contribution is 2.44. The molecule has 3 heterocycles. The number of hydrogen-bond donors (Lipinski definition) is 3. The van der Waals surface area contributed by atoms with E-state index in [2.05, 4.69) is 20.4 Å². The van der Waals surface area contributed by atoms with E-state index in [1.165, 1.54) is 12.1 Å². The van der Waals surface area contributed by atoms with Gasteiger partial charge in [0.15, 0.2) is 22.5 Å². The lowest BCUT2D eigenvalue weighted by molar-refractivity contribution is 0.289. The zero-order valence-corrected chi connectivity index (χ0v) is 23.1. The molecule has 1 aliphatic rings. The minimum absolute atomic E-state index is 0.0169. The first-order chi connectivity index (χ1) is 20.0. The molecule has 0 amide bonds. The van der Waals surface area contributed by atoms with Crippen LogP contribution in [0.4, 0.5) is 5.69 Å². The van der Waals surface area contributed by atoms with Crippen LogP contribution in [0.2, 0.25) is 0 Å². The highest BCUT2D eigenvalue weighted by atomic mass is 16.5. The fourth-order valence-corrected chi connectivity index (χ4v) is 5.08. The van der Waals surface area contributed by atoms with E-state index in [0.29, 0.717) is 22.9 Å². The van der Waals surface area contributed by atoms with Gasteiger partial charge in [-0.05, 0) is 56.6 Å². The second-order valence-corrected chi connectivity index (χ2v) is 10.2. The monoisotopic (exact) mass is 552 g/mol. The number of nitrogens with one attached hydrogen (secondary N) is 2. The molecule has 0 unspecified atom stereocenters. The number of H-pyrrole nitrogens is 1. The summed E-state index contributed by atoms with van der Waals surface area (Å²) in [4.78, 5) is 15.7. The van der Waals surface area contributed by atoms with Crippen molar-refractivity contribution in [2.75, 3.05) is 31.1 Å². The smallest absolute Gasteiger partial charge is 0.212 e. The first kappa shape index (κ1) is 26.5. The van der Waals surface area contributed by atoms with Crippen molar-refractivity contribution in [2.24, 2.45) is 0 Å². The number of benzene rings is 3. The third kappa shape index (κ3) is 5.49. The van der Waals surface area contributed by atoms with Gasteiger partial charge in [0.25, 0.3) is 0 Å². The Hall–Kier alpha value is -4.76. The van der Waals surface area contributed by atoms with Crippen LogP contribution >= 0.6 is 0 Å². The van der Waals surface area contributed by atoms with Gasteiger partial charge in [0, 0.05) is 43.0 Å². The fourth-order valence-electron chi connectivity index (χ4n) is 5.08. The van der Waals surface area contributed by atoms with Crippen molar-refractivity contribution in [1.82, 2.24) is 15.5 Å². The lowest BCUT2D eigenvalue weighted by atomic mass is 10.1. The maximum Gasteiger partial charge on any atom is 0.212 e. The van der Waals surface area contributed by atoms with Gasteiger partial charge < -0.3 is 29.2 Å². The number of nitrogens with zero attached hydrogens (tertiary/aromatic N) is 2. The normalized spacial score (nSPS) is 13.8. The summed E-state index contributed by atoms with van der Waals surface area (Å²) in [7, 11) is 0. The van der Waals surface area contributed by atoms with Crippen LogP contribution in [0.3, 0.4) is 0 Å². The quantitative estimate of drug-likeness (QED) is 0.237. The van der Waals surface area contributed by atoms with Crippen molar-refractivity contribution >= 4 is 16.7 Å². The van der Waals surface area contributed by atoms with Gasteiger partial charge in [-0.1, -0.05) is 30.3 Å². The second kappa shape index (κ2) is 11.4. The molecule has 3 aromatic carbocycles. The number of anilines is 1. The minimum Gasteiger partial charge on any atom is -0.507 e. The number of ether oxygens (including phenoxy) is 2. The van der Waals surface area contributed by atoms with E-state index in [0.717, 1.165) is 49.4 Å². The first-order valence-corrected chi connectivity index (χ1v) is 13.7.